The maximum absolute atomic E-state index is 12.3. The maximum atomic E-state index is 12.3. The molecule has 2 N–H and O–H groups in total. The van der Waals surface area contributed by atoms with Crippen LogP contribution in [0.15, 0.2) is 24.3 Å². The van der Waals surface area contributed by atoms with E-state index in [9.17, 15) is 23.2 Å². The van der Waals surface area contributed by atoms with Crippen molar-refractivity contribution < 1.29 is 37.4 Å². The van der Waals surface area contributed by atoms with Crippen molar-refractivity contribution in [2.75, 3.05) is 14.2 Å². The maximum Gasteiger partial charge on any atom is 0.387 e. The average molecular weight is 372 g/mol. The fourth-order valence-corrected chi connectivity index (χ4v) is 1.69. The summed E-state index contributed by atoms with van der Waals surface area (Å²) in [5.74, 6) is -1.72. The lowest BCUT2D eigenvalue weighted by atomic mass is 10.2. The molecule has 0 aliphatic carbocycles. The number of imide groups is 1. The second kappa shape index (κ2) is 9.97. The van der Waals surface area contributed by atoms with Gasteiger partial charge < -0.3 is 19.5 Å². The summed E-state index contributed by atoms with van der Waals surface area (Å²) in [7, 11) is 2.61. The summed E-state index contributed by atoms with van der Waals surface area (Å²) in [6, 6.07) is 3.33. The van der Waals surface area contributed by atoms with Crippen molar-refractivity contribution in [2.45, 2.75) is 19.6 Å². The molecule has 142 valence electrons. The number of rotatable bonds is 7. The molecule has 0 unspecified atom stereocenters. The lowest BCUT2D eigenvalue weighted by molar-refractivity contribution is -0.149. The van der Waals surface area contributed by atoms with Crippen LogP contribution in [-0.2, 0) is 14.3 Å². The van der Waals surface area contributed by atoms with Crippen molar-refractivity contribution in [3.8, 4) is 11.5 Å². The third kappa shape index (κ3) is 6.75. The van der Waals surface area contributed by atoms with Gasteiger partial charge in [0.15, 0.2) is 17.6 Å². The van der Waals surface area contributed by atoms with Crippen LogP contribution in [0.25, 0.3) is 6.08 Å². The van der Waals surface area contributed by atoms with E-state index in [2.05, 4.69) is 10.1 Å². The fourth-order valence-electron chi connectivity index (χ4n) is 1.69. The molecule has 0 saturated heterocycles. The molecule has 1 rings (SSSR count). The molecule has 1 aromatic rings. The lowest BCUT2D eigenvalue weighted by Crippen LogP contribution is -2.43. The smallest absolute Gasteiger partial charge is 0.387 e. The van der Waals surface area contributed by atoms with Gasteiger partial charge >= 0.3 is 18.6 Å². The summed E-state index contributed by atoms with van der Waals surface area (Å²) in [4.78, 5) is 34.3. The molecule has 26 heavy (non-hydrogen) atoms. The van der Waals surface area contributed by atoms with Gasteiger partial charge in [0, 0.05) is 13.1 Å². The molecule has 0 saturated carbocycles. The number of carbonyl (C=O) groups is 3. The first-order valence-corrected chi connectivity index (χ1v) is 7.31. The molecular formula is C16H18F2N2O6. The molecule has 0 radical (unpaired) electrons. The molecule has 0 bridgehead atoms. The van der Waals surface area contributed by atoms with Crippen LogP contribution < -0.4 is 20.1 Å². The van der Waals surface area contributed by atoms with Gasteiger partial charge in [0.2, 0.25) is 0 Å². The van der Waals surface area contributed by atoms with Crippen LogP contribution in [0.3, 0.4) is 0 Å². The standard InChI is InChI=1S/C16H18F2N2O6/c1-9(14(22)20-16(23)19-2)25-13(21)7-5-10-4-6-11(26-15(17)18)12(8-10)24-3/h4-9,15H,1-3H3,(H2,19,20,22,23)/b7-5+/t9-/m1/s1. The zero-order valence-corrected chi connectivity index (χ0v) is 14.2. The summed E-state index contributed by atoms with van der Waals surface area (Å²) in [5, 5.41) is 4.15. The van der Waals surface area contributed by atoms with E-state index in [-0.39, 0.29) is 11.5 Å². The molecule has 3 amide bonds. The summed E-state index contributed by atoms with van der Waals surface area (Å²) in [5.41, 5.74) is 0.447. The second-order valence-electron chi connectivity index (χ2n) is 4.77. The van der Waals surface area contributed by atoms with Crippen molar-refractivity contribution in [3.63, 3.8) is 0 Å². The van der Waals surface area contributed by atoms with Gasteiger partial charge in [-0.2, -0.15) is 8.78 Å². The van der Waals surface area contributed by atoms with Crippen LogP contribution in [0.2, 0.25) is 0 Å². The Morgan fingerprint density at radius 3 is 2.46 bits per heavy atom. The molecule has 10 heteroatoms. The molecular weight excluding hydrogens is 354 g/mol. The Morgan fingerprint density at radius 2 is 1.88 bits per heavy atom. The van der Waals surface area contributed by atoms with Crippen molar-refractivity contribution in [1.82, 2.24) is 10.6 Å². The topological polar surface area (TPSA) is 103 Å². The fraction of sp³-hybridized carbons (Fsp3) is 0.312. The number of carbonyl (C=O) groups excluding carboxylic acids is 3. The number of halogens is 2. The Bertz CT molecular complexity index is 693. The molecule has 0 aliphatic heterocycles. The number of methoxy groups -OCH3 is 1. The van der Waals surface area contributed by atoms with E-state index >= 15 is 0 Å². The first-order chi connectivity index (χ1) is 12.3. The van der Waals surface area contributed by atoms with Crippen LogP contribution in [0.5, 0.6) is 11.5 Å². The largest absolute Gasteiger partial charge is 0.493 e. The summed E-state index contributed by atoms with van der Waals surface area (Å²) < 4.78 is 38.6. The van der Waals surface area contributed by atoms with Crippen molar-refractivity contribution in [1.29, 1.82) is 0 Å². The highest BCUT2D eigenvalue weighted by Gasteiger charge is 2.18. The molecule has 0 fully saturated rings. The monoisotopic (exact) mass is 372 g/mol. The number of amides is 3. The number of esters is 1. The molecule has 1 aromatic carbocycles. The Kier molecular flexibility index (Phi) is 8.00. The van der Waals surface area contributed by atoms with E-state index in [4.69, 9.17) is 9.47 Å². The Balaban J connectivity index is 2.70. The number of alkyl halides is 2. The van der Waals surface area contributed by atoms with E-state index < -0.39 is 30.6 Å². The lowest BCUT2D eigenvalue weighted by Gasteiger charge is -2.11. The molecule has 8 nitrogen and oxygen atoms in total. The van der Waals surface area contributed by atoms with Crippen molar-refractivity contribution >= 4 is 24.0 Å². The van der Waals surface area contributed by atoms with Gasteiger partial charge in [-0.15, -0.1) is 0 Å². The van der Waals surface area contributed by atoms with E-state index in [1.54, 1.807) is 0 Å². The van der Waals surface area contributed by atoms with Crippen LogP contribution in [0, 0.1) is 0 Å². The Hall–Kier alpha value is -3.17. The number of urea groups is 1. The highest BCUT2D eigenvalue weighted by molar-refractivity contribution is 5.97. The Labute approximate surface area is 148 Å². The van der Waals surface area contributed by atoms with Gasteiger partial charge in [-0.1, -0.05) is 6.07 Å². The Morgan fingerprint density at radius 1 is 1.19 bits per heavy atom. The SMILES string of the molecule is CNC(=O)NC(=O)[C@@H](C)OC(=O)/C=C/c1ccc(OC(F)F)c(OC)c1. The highest BCUT2D eigenvalue weighted by atomic mass is 19.3. The van der Waals surface area contributed by atoms with Crippen LogP contribution >= 0.6 is 0 Å². The minimum Gasteiger partial charge on any atom is -0.493 e. The molecule has 0 spiro atoms. The van der Waals surface area contributed by atoms with Gasteiger partial charge in [-0.05, 0) is 30.7 Å². The number of nitrogens with one attached hydrogen (secondary N) is 2. The predicted octanol–water partition coefficient (Wildman–Crippen LogP) is 1.70. The van der Waals surface area contributed by atoms with Crippen molar-refractivity contribution in [3.05, 3.63) is 29.8 Å². The average Bonchev–Trinajstić information content (AvgIpc) is 2.59. The van der Waals surface area contributed by atoms with E-state index in [1.165, 1.54) is 45.4 Å². The third-order valence-electron chi connectivity index (χ3n) is 2.94. The number of hydrogen-bond acceptors (Lipinski definition) is 6. The predicted molar refractivity (Wildman–Crippen MR) is 86.8 cm³/mol. The van der Waals surface area contributed by atoms with Crippen molar-refractivity contribution in [2.24, 2.45) is 0 Å². The summed E-state index contributed by atoms with van der Waals surface area (Å²) in [6.45, 7) is -1.70. The quantitative estimate of drug-likeness (QED) is 0.558. The molecule has 0 aliphatic rings. The van der Waals surface area contributed by atoms with Gasteiger partial charge in [0.1, 0.15) is 0 Å². The summed E-state index contributed by atoms with van der Waals surface area (Å²) >= 11 is 0. The number of benzene rings is 1. The normalized spacial score (nSPS) is 11.8. The zero-order chi connectivity index (χ0) is 19.7. The second-order valence-corrected chi connectivity index (χ2v) is 4.77. The molecule has 0 aromatic heterocycles. The van der Waals surface area contributed by atoms with Crippen LogP contribution in [-0.4, -0.2) is 44.8 Å². The van der Waals surface area contributed by atoms with Gasteiger partial charge in [-0.25, -0.2) is 9.59 Å². The number of hydrogen-bond donors (Lipinski definition) is 2. The first-order valence-electron chi connectivity index (χ1n) is 7.31. The van der Waals surface area contributed by atoms with Gasteiger partial charge in [0.05, 0.1) is 7.11 Å². The zero-order valence-electron chi connectivity index (χ0n) is 14.2. The van der Waals surface area contributed by atoms with Crippen LogP contribution in [0.1, 0.15) is 12.5 Å². The van der Waals surface area contributed by atoms with E-state index in [0.717, 1.165) is 6.08 Å². The van der Waals surface area contributed by atoms with Crippen LogP contribution in [0.4, 0.5) is 13.6 Å². The number of ether oxygens (including phenoxy) is 3. The first kappa shape index (κ1) is 20.9. The van der Waals surface area contributed by atoms with E-state index in [1.807, 2.05) is 5.32 Å². The highest BCUT2D eigenvalue weighted by Crippen LogP contribution is 2.29. The van der Waals surface area contributed by atoms with E-state index in [0.29, 0.717) is 5.56 Å². The summed E-state index contributed by atoms with van der Waals surface area (Å²) in [6.07, 6.45) is 1.17. The van der Waals surface area contributed by atoms with Gasteiger partial charge in [0.25, 0.3) is 5.91 Å². The minimum absolute atomic E-state index is 0.0548. The third-order valence-corrected chi connectivity index (χ3v) is 2.94. The van der Waals surface area contributed by atoms with Gasteiger partial charge in [-0.3, -0.25) is 10.1 Å². The molecule has 1 atom stereocenters. The molecule has 0 heterocycles. The minimum atomic E-state index is -3.00.